The molecule has 0 aromatic rings. The molecule has 1 heterocycles. The molecule has 1 rings (SSSR count). The van der Waals surface area contributed by atoms with Crippen molar-refractivity contribution in [2.45, 2.75) is 18.8 Å². The highest BCUT2D eigenvalue weighted by Crippen LogP contribution is 2.16. The van der Waals surface area contributed by atoms with Crippen molar-refractivity contribution in [3.63, 3.8) is 0 Å². The Bertz CT molecular complexity index is 138. The molecule has 0 saturated heterocycles. The van der Waals surface area contributed by atoms with Gasteiger partial charge in [-0.3, -0.25) is 0 Å². The summed E-state index contributed by atoms with van der Waals surface area (Å²) in [5, 5.41) is 11.3. The predicted octanol–water partition coefficient (Wildman–Crippen LogP) is 1.14. The third-order valence-electron chi connectivity index (χ3n) is 1.35. The average Bonchev–Trinajstić information content (AvgIpc) is 2.20. The second-order valence-electron chi connectivity index (χ2n) is 2.26. The SMILES string of the molecule is CCCN1N=NN(C)C1S. The van der Waals surface area contributed by atoms with E-state index in [2.05, 4.69) is 30.0 Å². The van der Waals surface area contributed by atoms with Crippen LogP contribution in [-0.2, 0) is 0 Å². The molecule has 1 aliphatic heterocycles. The number of thiol groups is 1. The molecule has 5 heteroatoms. The lowest BCUT2D eigenvalue weighted by molar-refractivity contribution is 0.209. The van der Waals surface area contributed by atoms with Crippen LogP contribution in [0.15, 0.2) is 10.4 Å². The van der Waals surface area contributed by atoms with Crippen molar-refractivity contribution in [3.8, 4) is 0 Å². The maximum absolute atomic E-state index is 4.28. The largest absolute Gasteiger partial charge is 0.247 e. The van der Waals surface area contributed by atoms with Gasteiger partial charge in [0.05, 0.1) is 0 Å². The highest BCUT2D eigenvalue weighted by Gasteiger charge is 2.21. The Morgan fingerprint density at radius 1 is 1.50 bits per heavy atom. The Balaban J connectivity index is 2.41. The Morgan fingerprint density at radius 2 is 2.20 bits per heavy atom. The van der Waals surface area contributed by atoms with Crippen LogP contribution in [0.4, 0.5) is 0 Å². The highest BCUT2D eigenvalue weighted by atomic mass is 32.1. The van der Waals surface area contributed by atoms with Gasteiger partial charge in [-0.25, -0.2) is 10.0 Å². The van der Waals surface area contributed by atoms with Crippen molar-refractivity contribution in [2.24, 2.45) is 10.4 Å². The molecule has 0 saturated carbocycles. The topological polar surface area (TPSA) is 31.2 Å². The molecule has 1 atom stereocenters. The van der Waals surface area contributed by atoms with E-state index in [-0.39, 0.29) is 5.50 Å². The first kappa shape index (κ1) is 7.65. The minimum absolute atomic E-state index is 0.0277. The first-order valence-corrected chi connectivity index (χ1v) is 3.86. The van der Waals surface area contributed by atoms with Crippen LogP contribution >= 0.6 is 12.6 Å². The predicted molar refractivity (Wildman–Crippen MR) is 42.4 cm³/mol. The Hall–Kier alpha value is -0.450. The van der Waals surface area contributed by atoms with E-state index in [1.807, 2.05) is 12.1 Å². The van der Waals surface area contributed by atoms with Crippen LogP contribution in [0.2, 0.25) is 0 Å². The van der Waals surface area contributed by atoms with Gasteiger partial charge in [0.15, 0.2) is 5.50 Å². The van der Waals surface area contributed by atoms with E-state index in [0.717, 1.165) is 13.0 Å². The minimum atomic E-state index is 0.0277. The second-order valence-corrected chi connectivity index (χ2v) is 2.72. The second kappa shape index (κ2) is 3.09. The Morgan fingerprint density at radius 3 is 2.60 bits per heavy atom. The van der Waals surface area contributed by atoms with Crippen molar-refractivity contribution in [2.75, 3.05) is 13.6 Å². The molecule has 0 bridgehead atoms. The number of nitrogens with zero attached hydrogens (tertiary/aromatic N) is 4. The zero-order valence-corrected chi connectivity index (χ0v) is 7.12. The van der Waals surface area contributed by atoms with Crippen LogP contribution in [0.3, 0.4) is 0 Å². The molecule has 58 valence electrons. The third-order valence-corrected chi connectivity index (χ3v) is 1.95. The van der Waals surface area contributed by atoms with E-state index in [4.69, 9.17) is 0 Å². The van der Waals surface area contributed by atoms with E-state index in [1.54, 1.807) is 5.01 Å². The maximum atomic E-state index is 4.28. The number of hydrogen-bond donors (Lipinski definition) is 1. The standard InChI is InChI=1S/C5H12N4S/c1-3-4-9-5(10)8(2)6-7-9/h5,10H,3-4H2,1-2H3. The maximum Gasteiger partial charge on any atom is 0.181 e. The smallest absolute Gasteiger partial charge is 0.181 e. The first-order valence-electron chi connectivity index (χ1n) is 3.35. The normalized spacial score (nSPS) is 24.5. The van der Waals surface area contributed by atoms with E-state index < -0.39 is 0 Å². The van der Waals surface area contributed by atoms with Crippen molar-refractivity contribution >= 4 is 12.6 Å². The quantitative estimate of drug-likeness (QED) is 0.614. The van der Waals surface area contributed by atoms with Crippen LogP contribution in [0.25, 0.3) is 0 Å². The van der Waals surface area contributed by atoms with E-state index >= 15 is 0 Å². The van der Waals surface area contributed by atoms with Crippen LogP contribution in [0.5, 0.6) is 0 Å². The van der Waals surface area contributed by atoms with Crippen molar-refractivity contribution in [1.82, 2.24) is 10.0 Å². The van der Waals surface area contributed by atoms with Crippen LogP contribution in [0.1, 0.15) is 13.3 Å². The summed E-state index contributed by atoms with van der Waals surface area (Å²) in [5.41, 5.74) is 0.0277. The lowest BCUT2D eigenvalue weighted by Gasteiger charge is -2.19. The molecule has 0 aliphatic carbocycles. The molecule has 0 aromatic carbocycles. The van der Waals surface area contributed by atoms with Crippen LogP contribution < -0.4 is 0 Å². The molecule has 0 fully saturated rings. The van der Waals surface area contributed by atoms with Crippen LogP contribution in [-0.4, -0.2) is 29.1 Å². The van der Waals surface area contributed by atoms with Gasteiger partial charge in [-0.2, -0.15) is 0 Å². The summed E-state index contributed by atoms with van der Waals surface area (Å²) in [6.45, 7) is 3.02. The van der Waals surface area contributed by atoms with E-state index in [0.29, 0.717) is 0 Å². The van der Waals surface area contributed by atoms with Gasteiger partial charge >= 0.3 is 0 Å². The zero-order chi connectivity index (χ0) is 7.56. The van der Waals surface area contributed by atoms with Gasteiger partial charge < -0.3 is 0 Å². The summed E-state index contributed by atoms with van der Waals surface area (Å²) < 4.78 is 0. The summed E-state index contributed by atoms with van der Waals surface area (Å²) in [5.74, 6) is 0. The molecule has 4 nitrogen and oxygen atoms in total. The van der Waals surface area contributed by atoms with Gasteiger partial charge in [-0.15, -0.1) is 12.6 Å². The summed E-state index contributed by atoms with van der Waals surface area (Å²) in [6, 6.07) is 0. The fraction of sp³-hybridized carbons (Fsp3) is 1.00. The minimum Gasteiger partial charge on any atom is -0.247 e. The lowest BCUT2D eigenvalue weighted by atomic mass is 10.5. The van der Waals surface area contributed by atoms with Crippen LogP contribution in [0, 0.1) is 0 Å². The zero-order valence-electron chi connectivity index (χ0n) is 6.23. The van der Waals surface area contributed by atoms with Gasteiger partial charge in [0, 0.05) is 13.6 Å². The number of hydrogen-bond acceptors (Lipinski definition) is 5. The number of rotatable bonds is 2. The summed E-state index contributed by atoms with van der Waals surface area (Å²) in [7, 11) is 1.86. The van der Waals surface area contributed by atoms with Gasteiger partial charge in [-0.05, 0) is 6.42 Å². The Kier molecular flexibility index (Phi) is 2.37. The molecule has 0 N–H and O–H groups in total. The van der Waals surface area contributed by atoms with Crippen molar-refractivity contribution in [1.29, 1.82) is 0 Å². The van der Waals surface area contributed by atoms with Crippen molar-refractivity contribution in [3.05, 3.63) is 0 Å². The highest BCUT2D eigenvalue weighted by molar-refractivity contribution is 7.80. The molecule has 0 aromatic heterocycles. The third kappa shape index (κ3) is 1.34. The summed E-state index contributed by atoms with van der Waals surface area (Å²) >= 11 is 4.28. The summed E-state index contributed by atoms with van der Waals surface area (Å²) in [6.07, 6.45) is 1.07. The fourth-order valence-electron chi connectivity index (χ4n) is 0.789. The molecule has 0 amide bonds. The van der Waals surface area contributed by atoms with Crippen molar-refractivity contribution < 1.29 is 0 Å². The molecule has 0 radical (unpaired) electrons. The molecule has 10 heavy (non-hydrogen) atoms. The average molecular weight is 160 g/mol. The van der Waals surface area contributed by atoms with Gasteiger partial charge in [0.1, 0.15) is 0 Å². The van der Waals surface area contributed by atoms with E-state index in [1.165, 1.54) is 0 Å². The summed E-state index contributed by atoms with van der Waals surface area (Å²) in [4.78, 5) is 0. The van der Waals surface area contributed by atoms with Gasteiger partial charge in [0.25, 0.3) is 0 Å². The van der Waals surface area contributed by atoms with E-state index in [9.17, 15) is 0 Å². The molecule has 0 spiro atoms. The molecular weight excluding hydrogens is 148 g/mol. The lowest BCUT2D eigenvalue weighted by Crippen LogP contribution is -2.31. The molecule has 1 aliphatic rings. The monoisotopic (exact) mass is 160 g/mol. The molecular formula is C5H12N4S. The Labute approximate surface area is 66.3 Å². The first-order chi connectivity index (χ1) is 4.75. The van der Waals surface area contributed by atoms with Gasteiger partial charge in [0.2, 0.25) is 0 Å². The molecule has 1 unspecified atom stereocenters. The van der Waals surface area contributed by atoms with Gasteiger partial charge in [-0.1, -0.05) is 17.4 Å². The fourth-order valence-corrected chi connectivity index (χ4v) is 0.997.